The first kappa shape index (κ1) is 19.4. The fourth-order valence-electron chi connectivity index (χ4n) is 3.23. The fraction of sp³-hybridized carbons (Fsp3) is 0.333. The van der Waals surface area contributed by atoms with E-state index >= 15 is 0 Å². The Bertz CT molecular complexity index is 999. The van der Waals surface area contributed by atoms with Crippen LogP contribution in [0.15, 0.2) is 51.8 Å². The SMILES string of the molecule is O=C(C1CC(c2ccccc2)=NO1)N1CCN(S(=O)(=O)c2ccc(Cl)s2)CC1. The van der Waals surface area contributed by atoms with Gasteiger partial charge in [0.05, 0.1) is 10.0 Å². The summed E-state index contributed by atoms with van der Waals surface area (Å²) in [4.78, 5) is 19.7. The molecule has 2 aliphatic rings. The van der Waals surface area contributed by atoms with Gasteiger partial charge in [-0.3, -0.25) is 4.79 Å². The molecular formula is C18H18ClN3O4S2. The number of benzene rings is 1. The highest BCUT2D eigenvalue weighted by Crippen LogP contribution is 2.29. The van der Waals surface area contributed by atoms with Crippen molar-refractivity contribution in [2.75, 3.05) is 26.2 Å². The number of hydrogen-bond donors (Lipinski definition) is 0. The summed E-state index contributed by atoms with van der Waals surface area (Å²) in [6.45, 7) is 1.11. The largest absolute Gasteiger partial charge is 0.382 e. The first-order chi connectivity index (χ1) is 13.4. The van der Waals surface area contributed by atoms with E-state index in [9.17, 15) is 13.2 Å². The lowest BCUT2D eigenvalue weighted by atomic mass is 10.0. The van der Waals surface area contributed by atoms with Crippen LogP contribution in [0.25, 0.3) is 0 Å². The average Bonchev–Trinajstić information content (AvgIpc) is 3.38. The molecule has 0 saturated carbocycles. The number of sulfonamides is 1. The van der Waals surface area contributed by atoms with E-state index in [-0.39, 0.29) is 23.2 Å². The molecule has 1 unspecified atom stereocenters. The van der Waals surface area contributed by atoms with E-state index in [0.717, 1.165) is 22.6 Å². The molecule has 2 aliphatic heterocycles. The molecule has 1 aromatic carbocycles. The zero-order chi connectivity index (χ0) is 19.7. The number of carbonyl (C=O) groups is 1. The lowest BCUT2D eigenvalue weighted by Crippen LogP contribution is -2.52. The minimum atomic E-state index is -3.58. The maximum atomic E-state index is 12.8. The first-order valence-corrected chi connectivity index (χ1v) is 11.4. The molecule has 1 atom stereocenters. The highest BCUT2D eigenvalue weighted by molar-refractivity contribution is 7.91. The van der Waals surface area contributed by atoms with Crippen molar-refractivity contribution >= 4 is 44.6 Å². The van der Waals surface area contributed by atoms with Gasteiger partial charge in [-0.1, -0.05) is 47.1 Å². The molecule has 0 bridgehead atoms. The van der Waals surface area contributed by atoms with E-state index in [0.29, 0.717) is 23.8 Å². The summed E-state index contributed by atoms with van der Waals surface area (Å²) in [6.07, 6.45) is -0.246. The number of piperazine rings is 1. The molecule has 148 valence electrons. The van der Waals surface area contributed by atoms with E-state index in [2.05, 4.69) is 5.16 Å². The lowest BCUT2D eigenvalue weighted by molar-refractivity contribution is -0.143. The maximum Gasteiger partial charge on any atom is 0.266 e. The van der Waals surface area contributed by atoms with E-state index in [4.69, 9.17) is 16.4 Å². The summed E-state index contributed by atoms with van der Waals surface area (Å²) in [7, 11) is -3.58. The highest BCUT2D eigenvalue weighted by Gasteiger charge is 2.36. The van der Waals surface area contributed by atoms with Gasteiger partial charge in [0, 0.05) is 32.6 Å². The molecule has 1 saturated heterocycles. The smallest absolute Gasteiger partial charge is 0.266 e. The molecule has 1 amide bonds. The summed E-state index contributed by atoms with van der Waals surface area (Å²) in [5.74, 6) is -0.161. The van der Waals surface area contributed by atoms with E-state index < -0.39 is 16.1 Å². The van der Waals surface area contributed by atoms with Crippen LogP contribution in [0.2, 0.25) is 4.34 Å². The molecule has 4 rings (SSSR count). The number of halogens is 1. The molecule has 0 aliphatic carbocycles. The van der Waals surface area contributed by atoms with Crippen LogP contribution < -0.4 is 0 Å². The van der Waals surface area contributed by atoms with Crippen molar-refractivity contribution in [3.63, 3.8) is 0 Å². The monoisotopic (exact) mass is 439 g/mol. The Labute approximate surface area is 172 Å². The Hall–Kier alpha value is -1.94. The van der Waals surface area contributed by atoms with Crippen molar-refractivity contribution in [3.05, 3.63) is 52.4 Å². The standard InChI is InChI=1S/C18H18ClN3O4S2/c19-16-6-7-17(27-16)28(24,25)22-10-8-21(9-11-22)18(23)15-12-14(20-26-15)13-4-2-1-3-5-13/h1-7,15H,8-12H2. The van der Waals surface area contributed by atoms with Crippen molar-refractivity contribution in [1.82, 2.24) is 9.21 Å². The van der Waals surface area contributed by atoms with Crippen molar-refractivity contribution in [3.8, 4) is 0 Å². The van der Waals surface area contributed by atoms with E-state index in [1.165, 1.54) is 10.4 Å². The lowest BCUT2D eigenvalue weighted by Gasteiger charge is -2.34. The molecule has 1 fully saturated rings. The molecule has 28 heavy (non-hydrogen) atoms. The van der Waals surface area contributed by atoms with Crippen LogP contribution >= 0.6 is 22.9 Å². The fourth-order valence-corrected chi connectivity index (χ4v) is 6.29. The molecule has 1 aromatic heterocycles. The van der Waals surface area contributed by atoms with Crippen molar-refractivity contribution in [2.45, 2.75) is 16.7 Å². The van der Waals surface area contributed by atoms with Crippen molar-refractivity contribution < 1.29 is 18.0 Å². The van der Waals surface area contributed by atoms with E-state index in [1.807, 2.05) is 30.3 Å². The van der Waals surface area contributed by atoms with Gasteiger partial charge in [-0.2, -0.15) is 4.31 Å². The zero-order valence-corrected chi connectivity index (χ0v) is 17.2. The molecular weight excluding hydrogens is 422 g/mol. The van der Waals surface area contributed by atoms with Crippen LogP contribution in [0.3, 0.4) is 0 Å². The summed E-state index contributed by atoms with van der Waals surface area (Å²) < 4.78 is 27.4. The molecule has 0 spiro atoms. The third kappa shape index (κ3) is 3.80. The van der Waals surface area contributed by atoms with Gasteiger partial charge in [0.25, 0.3) is 15.9 Å². The molecule has 2 aromatic rings. The van der Waals surface area contributed by atoms with Gasteiger partial charge in [0.1, 0.15) is 4.21 Å². The summed E-state index contributed by atoms with van der Waals surface area (Å²) in [5, 5.41) is 4.05. The second-order valence-corrected chi connectivity index (χ2v) is 10.4. The van der Waals surface area contributed by atoms with Crippen LogP contribution in [0, 0.1) is 0 Å². The van der Waals surface area contributed by atoms with Gasteiger partial charge >= 0.3 is 0 Å². The highest BCUT2D eigenvalue weighted by atomic mass is 35.5. The topological polar surface area (TPSA) is 79.3 Å². The number of nitrogens with zero attached hydrogens (tertiary/aromatic N) is 3. The number of amides is 1. The van der Waals surface area contributed by atoms with Crippen molar-refractivity contribution in [2.24, 2.45) is 5.16 Å². The summed E-state index contributed by atoms with van der Waals surface area (Å²) in [6, 6.07) is 12.7. The second kappa shape index (κ2) is 7.82. The minimum Gasteiger partial charge on any atom is -0.382 e. The van der Waals surface area contributed by atoms with Gasteiger partial charge in [0.15, 0.2) is 0 Å². The Balaban J connectivity index is 1.35. The first-order valence-electron chi connectivity index (χ1n) is 8.77. The number of thiophene rings is 1. The average molecular weight is 440 g/mol. The molecule has 0 N–H and O–H groups in total. The Morgan fingerprint density at radius 3 is 2.46 bits per heavy atom. The van der Waals surface area contributed by atoms with Gasteiger partial charge in [0.2, 0.25) is 6.10 Å². The predicted molar refractivity (Wildman–Crippen MR) is 107 cm³/mol. The number of rotatable bonds is 4. The molecule has 3 heterocycles. The van der Waals surface area contributed by atoms with Gasteiger partial charge in [-0.05, 0) is 17.7 Å². The summed E-state index contributed by atoms with van der Waals surface area (Å²) >= 11 is 6.89. The van der Waals surface area contributed by atoms with Gasteiger partial charge in [-0.15, -0.1) is 11.3 Å². The third-order valence-electron chi connectivity index (χ3n) is 4.74. The molecule has 10 heteroatoms. The van der Waals surface area contributed by atoms with Crippen LogP contribution in [-0.2, 0) is 19.7 Å². The minimum absolute atomic E-state index is 0.161. The normalized spacial score (nSPS) is 20.7. The number of carbonyl (C=O) groups excluding carboxylic acids is 1. The molecule has 0 radical (unpaired) electrons. The molecule has 7 nitrogen and oxygen atoms in total. The Kier molecular flexibility index (Phi) is 5.42. The van der Waals surface area contributed by atoms with Gasteiger partial charge in [-0.25, -0.2) is 8.42 Å². The summed E-state index contributed by atoms with van der Waals surface area (Å²) in [5.41, 5.74) is 1.68. The van der Waals surface area contributed by atoms with E-state index in [1.54, 1.807) is 11.0 Å². The van der Waals surface area contributed by atoms with Crippen LogP contribution in [-0.4, -0.2) is 61.5 Å². The number of oxime groups is 1. The number of hydrogen-bond acceptors (Lipinski definition) is 6. The van der Waals surface area contributed by atoms with Crippen LogP contribution in [0.1, 0.15) is 12.0 Å². The zero-order valence-electron chi connectivity index (χ0n) is 14.8. The van der Waals surface area contributed by atoms with Crippen LogP contribution in [0.5, 0.6) is 0 Å². The quantitative estimate of drug-likeness (QED) is 0.732. The van der Waals surface area contributed by atoms with Crippen molar-refractivity contribution in [1.29, 1.82) is 0 Å². The Morgan fingerprint density at radius 1 is 1.11 bits per heavy atom. The Morgan fingerprint density at radius 2 is 1.82 bits per heavy atom. The maximum absolute atomic E-state index is 12.8. The predicted octanol–water partition coefficient (Wildman–Crippen LogP) is 2.43. The third-order valence-corrected chi connectivity index (χ3v) is 8.34. The van der Waals surface area contributed by atoms with Gasteiger partial charge < -0.3 is 9.74 Å². The second-order valence-electron chi connectivity index (χ2n) is 6.49. The van der Waals surface area contributed by atoms with Crippen LogP contribution in [0.4, 0.5) is 0 Å².